The Hall–Kier alpha value is -0.350. The smallest absolute Gasteiger partial charge is 0.109 e. The van der Waals surface area contributed by atoms with E-state index < -0.39 is 0 Å². The lowest BCUT2D eigenvalue weighted by Crippen LogP contribution is -2.02. The Morgan fingerprint density at radius 1 is 1.50 bits per heavy atom. The Morgan fingerprint density at radius 2 is 2.14 bits per heavy atom. The summed E-state index contributed by atoms with van der Waals surface area (Å²) in [5, 5.41) is 8.86. The maximum Gasteiger partial charge on any atom is 0.109 e. The highest BCUT2D eigenvalue weighted by atomic mass is 79.9. The number of imidazole rings is 1. The van der Waals surface area contributed by atoms with Gasteiger partial charge in [0.1, 0.15) is 10.4 Å². The van der Waals surface area contributed by atoms with Crippen molar-refractivity contribution in [2.24, 2.45) is 13.0 Å². The topological polar surface area (TPSA) is 38.1 Å². The molecule has 14 heavy (non-hydrogen) atoms. The number of aromatic nitrogens is 2. The van der Waals surface area contributed by atoms with Gasteiger partial charge in [0.05, 0.1) is 5.69 Å². The third-order valence-corrected chi connectivity index (χ3v) is 3.11. The molecule has 0 aliphatic rings. The Morgan fingerprint density at radius 3 is 2.64 bits per heavy atom. The van der Waals surface area contributed by atoms with E-state index in [0.717, 1.165) is 22.5 Å². The Bertz CT molecular complexity index is 307. The highest BCUT2D eigenvalue weighted by Gasteiger charge is 2.12. The first-order chi connectivity index (χ1) is 6.56. The molecule has 0 saturated carbocycles. The fraction of sp³-hybridized carbons (Fsp3) is 0.700. The Kier molecular flexibility index (Phi) is 4.13. The lowest BCUT2D eigenvalue weighted by atomic mass is 10.1. The van der Waals surface area contributed by atoms with Crippen LogP contribution in [0.5, 0.6) is 0 Å². The van der Waals surface area contributed by atoms with E-state index in [-0.39, 0.29) is 6.61 Å². The molecule has 80 valence electrons. The molecule has 1 N–H and O–H groups in total. The zero-order chi connectivity index (χ0) is 10.7. The van der Waals surface area contributed by atoms with E-state index in [1.165, 1.54) is 0 Å². The van der Waals surface area contributed by atoms with Gasteiger partial charge >= 0.3 is 0 Å². The van der Waals surface area contributed by atoms with E-state index in [1.807, 2.05) is 11.6 Å². The first-order valence-corrected chi connectivity index (χ1v) is 5.66. The first-order valence-electron chi connectivity index (χ1n) is 4.87. The van der Waals surface area contributed by atoms with Gasteiger partial charge in [0, 0.05) is 26.5 Å². The summed E-state index contributed by atoms with van der Waals surface area (Å²) >= 11 is 3.48. The molecule has 1 aromatic rings. The van der Waals surface area contributed by atoms with E-state index >= 15 is 0 Å². The van der Waals surface area contributed by atoms with Crippen molar-refractivity contribution >= 4 is 15.9 Å². The Labute approximate surface area is 93.3 Å². The molecule has 1 rings (SSSR count). The molecule has 0 fully saturated rings. The average molecular weight is 261 g/mol. The van der Waals surface area contributed by atoms with Gasteiger partial charge in [0.25, 0.3) is 0 Å². The summed E-state index contributed by atoms with van der Waals surface area (Å²) in [4.78, 5) is 4.50. The molecule has 0 atom stereocenters. The van der Waals surface area contributed by atoms with Crippen LogP contribution in [-0.4, -0.2) is 21.3 Å². The third-order valence-electron chi connectivity index (χ3n) is 2.12. The molecule has 0 bridgehead atoms. The molecular formula is C10H17BrN2O. The molecule has 0 radical (unpaired) electrons. The molecule has 0 amide bonds. The van der Waals surface area contributed by atoms with Gasteiger partial charge in [0.2, 0.25) is 0 Å². The van der Waals surface area contributed by atoms with Crippen LogP contribution in [0.1, 0.15) is 25.4 Å². The highest BCUT2D eigenvalue weighted by molar-refractivity contribution is 9.10. The minimum absolute atomic E-state index is 0.150. The molecule has 4 heteroatoms. The van der Waals surface area contributed by atoms with Crippen molar-refractivity contribution in [2.75, 3.05) is 6.61 Å². The van der Waals surface area contributed by atoms with Crippen molar-refractivity contribution in [2.45, 2.75) is 26.7 Å². The minimum Gasteiger partial charge on any atom is -0.396 e. The number of aliphatic hydroxyl groups excluding tert-OH is 1. The van der Waals surface area contributed by atoms with Gasteiger partial charge < -0.3 is 9.67 Å². The number of halogens is 1. The van der Waals surface area contributed by atoms with Crippen molar-refractivity contribution < 1.29 is 5.11 Å². The molecular weight excluding hydrogens is 244 g/mol. The van der Waals surface area contributed by atoms with Gasteiger partial charge in [-0.1, -0.05) is 13.8 Å². The summed E-state index contributed by atoms with van der Waals surface area (Å²) in [5.41, 5.74) is 0.950. The van der Waals surface area contributed by atoms with Crippen LogP contribution >= 0.6 is 15.9 Å². The second-order valence-corrected chi connectivity index (χ2v) is 4.65. The standard InChI is InChI=1S/C10H17BrN2O/c1-7(2)6-9-12-8(4-5-14)10(11)13(9)3/h7,14H,4-6H2,1-3H3. The normalized spacial score (nSPS) is 11.3. The molecule has 3 nitrogen and oxygen atoms in total. The summed E-state index contributed by atoms with van der Waals surface area (Å²) < 4.78 is 3.03. The summed E-state index contributed by atoms with van der Waals surface area (Å²) in [5.74, 6) is 1.68. The first kappa shape index (κ1) is 11.7. The van der Waals surface area contributed by atoms with Crippen LogP contribution < -0.4 is 0 Å². The second kappa shape index (κ2) is 4.94. The van der Waals surface area contributed by atoms with Gasteiger partial charge in [-0.15, -0.1) is 0 Å². The number of nitrogens with zero attached hydrogens (tertiary/aromatic N) is 2. The maximum atomic E-state index is 8.86. The van der Waals surface area contributed by atoms with E-state index in [4.69, 9.17) is 5.11 Å². The lowest BCUT2D eigenvalue weighted by Gasteiger charge is -2.04. The fourth-order valence-electron chi connectivity index (χ4n) is 1.40. The van der Waals surface area contributed by atoms with E-state index in [1.54, 1.807) is 0 Å². The number of aliphatic hydroxyl groups is 1. The summed E-state index contributed by atoms with van der Waals surface area (Å²) in [6.45, 7) is 4.50. The van der Waals surface area contributed by atoms with Gasteiger partial charge in [-0.2, -0.15) is 0 Å². The third kappa shape index (κ3) is 2.58. The Balaban J connectivity index is 2.90. The number of hydrogen-bond donors (Lipinski definition) is 1. The van der Waals surface area contributed by atoms with Gasteiger partial charge in [-0.3, -0.25) is 0 Å². The molecule has 0 unspecified atom stereocenters. The maximum absolute atomic E-state index is 8.86. The molecule has 0 aliphatic carbocycles. The molecule has 0 spiro atoms. The SMILES string of the molecule is CC(C)Cc1nc(CCO)c(Br)n1C. The van der Waals surface area contributed by atoms with Crippen LogP contribution in [0.4, 0.5) is 0 Å². The molecule has 0 saturated heterocycles. The van der Waals surface area contributed by atoms with Gasteiger partial charge in [-0.25, -0.2) is 4.98 Å². The van der Waals surface area contributed by atoms with Crippen LogP contribution in [0.25, 0.3) is 0 Å². The minimum atomic E-state index is 0.150. The monoisotopic (exact) mass is 260 g/mol. The largest absolute Gasteiger partial charge is 0.396 e. The quantitative estimate of drug-likeness (QED) is 0.899. The fourth-order valence-corrected chi connectivity index (χ4v) is 1.89. The lowest BCUT2D eigenvalue weighted by molar-refractivity contribution is 0.298. The van der Waals surface area contributed by atoms with Crippen LogP contribution in [0.3, 0.4) is 0 Å². The summed E-state index contributed by atoms with van der Waals surface area (Å²) in [7, 11) is 2.00. The highest BCUT2D eigenvalue weighted by Crippen LogP contribution is 2.19. The molecule has 0 aliphatic heterocycles. The van der Waals surface area contributed by atoms with Crippen molar-refractivity contribution in [3.63, 3.8) is 0 Å². The molecule has 0 aromatic carbocycles. The van der Waals surface area contributed by atoms with Crippen LogP contribution in [0.2, 0.25) is 0 Å². The predicted molar refractivity (Wildman–Crippen MR) is 60.2 cm³/mol. The van der Waals surface area contributed by atoms with Gasteiger partial charge in [0.15, 0.2) is 0 Å². The summed E-state index contributed by atoms with van der Waals surface area (Å²) in [6, 6.07) is 0. The van der Waals surface area contributed by atoms with Crippen LogP contribution in [0.15, 0.2) is 4.60 Å². The van der Waals surface area contributed by atoms with Gasteiger partial charge in [-0.05, 0) is 21.8 Å². The van der Waals surface area contributed by atoms with Crippen molar-refractivity contribution in [1.29, 1.82) is 0 Å². The van der Waals surface area contributed by atoms with Crippen molar-refractivity contribution in [1.82, 2.24) is 9.55 Å². The average Bonchev–Trinajstić information content (AvgIpc) is 2.34. The van der Waals surface area contributed by atoms with Crippen molar-refractivity contribution in [3.05, 3.63) is 16.1 Å². The summed E-state index contributed by atoms with van der Waals surface area (Å²) in [6.07, 6.45) is 1.59. The zero-order valence-electron chi connectivity index (χ0n) is 8.92. The zero-order valence-corrected chi connectivity index (χ0v) is 10.5. The van der Waals surface area contributed by atoms with E-state index in [0.29, 0.717) is 12.3 Å². The number of rotatable bonds is 4. The van der Waals surface area contributed by atoms with E-state index in [2.05, 4.69) is 34.8 Å². The second-order valence-electron chi connectivity index (χ2n) is 3.90. The molecule has 1 aromatic heterocycles. The van der Waals surface area contributed by atoms with E-state index in [9.17, 15) is 0 Å². The van der Waals surface area contributed by atoms with Crippen LogP contribution in [-0.2, 0) is 19.9 Å². The molecule has 1 heterocycles. The van der Waals surface area contributed by atoms with Crippen molar-refractivity contribution in [3.8, 4) is 0 Å². The number of hydrogen-bond acceptors (Lipinski definition) is 2. The van der Waals surface area contributed by atoms with Crippen LogP contribution in [0, 0.1) is 5.92 Å². The predicted octanol–water partition coefficient (Wildman–Crippen LogP) is 1.92.